The minimum absolute atomic E-state index is 0.213. The van der Waals surface area contributed by atoms with Crippen LogP contribution in [0.2, 0.25) is 0 Å². The van der Waals surface area contributed by atoms with Crippen molar-refractivity contribution in [2.24, 2.45) is 5.73 Å². The van der Waals surface area contributed by atoms with E-state index < -0.39 is 0 Å². The third-order valence-corrected chi connectivity index (χ3v) is 7.54. The number of hydrogen-bond donors (Lipinski definition) is 3. The van der Waals surface area contributed by atoms with E-state index in [0.29, 0.717) is 42.4 Å². The molecule has 1 aromatic heterocycles. The Hall–Kier alpha value is -3.54. The van der Waals surface area contributed by atoms with Crippen LogP contribution in [0.1, 0.15) is 24.0 Å². The van der Waals surface area contributed by atoms with Crippen LogP contribution in [0, 0.1) is 0 Å². The van der Waals surface area contributed by atoms with E-state index in [4.69, 9.17) is 25.7 Å². The third-order valence-electron chi connectivity index (χ3n) is 7.54. The summed E-state index contributed by atoms with van der Waals surface area (Å²) >= 11 is 0. The van der Waals surface area contributed by atoms with Gasteiger partial charge in [0.2, 0.25) is 5.95 Å². The number of likely N-dealkylation sites (N-methyl/N-ethyl adjacent to an activating group) is 1. The molecule has 1 aliphatic heterocycles. The summed E-state index contributed by atoms with van der Waals surface area (Å²) in [6.45, 7) is 4.71. The molecule has 11 heteroatoms. The Morgan fingerprint density at radius 3 is 2.41 bits per heavy atom. The van der Waals surface area contributed by atoms with Gasteiger partial charge in [-0.3, -0.25) is 4.90 Å². The summed E-state index contributed by atoms with van der Waals surface area (Å²) in [5.41, 5.74) is 16.2. The standard InChI is InChI=1S/C30H46N8O3/c1-36(2)16-17-41-25-9-7-8-24(37(3)4)22(25)19-38-14-11-20(12-15-38)33-29-27-21(10-13-31)28(40-6)26(39-5)18-23(27)34-30(32)35-29/h7-9,18,20H,10-17,19,31H2,1-6H3,(H3,32,33,34,35). The SMILES string of the molecule is COc1cc2nc(N)nc(NC3CCN(Cc4c(OCCN(C)C)cccc4N(C)C)CC3)c2c(CCN)c1OC. The molecule has 2 heterocycles. The van der Waals surface area contributed by atoms with Gasteiger partial charge in [0.25, 0.3) is 0 Å². The summed E-state index contributed by atoms with van der Waals surface area (Å²) < 4.78 is 17.5. The number of rotatable bonds is 13. The first-order chi connectivity index (χ1) is 19.7. The molecule has 2 aromatic carbocycles. The molecular weight excluding hydrogens is 520 g/mol. The van der Waals surface area contributed by atoms with Crippen LogP contribution < -0.4 is 35.9 Å². The molecule has 0 radical (unpaired) electrons. The Labute approximate surface area is 243 Å². The van der Waals surface area contributed by atoms with Crippen molar-refractivity contribution < 1.29 is 14.2 Å². The molecule has 4 rings (SSSR count). The van der Waals surface area contributed by atoms with Crippen LogP contribution in [0.5, 0.6) is 17.2 Å². The molecule has 224 valence electrons. The molecule has 5 N–H and O–H groups in total. The number of nitrogens with zero attached hydrogens (tertiary/aromatic N) is 5. The number of likely N-dealkylation sites (tertiary alicyclic amines) is 1. The molecule has 0 saturated carbocycles. The quantitative estimate of drug-likeness (QED) is 0.283. The molecule has 0 amide bonds. The number of methoxy groups -OCH3 is 2. The van der Waals surface area contributed by atoms with Crippen molar-refractivity contribution in [2.45, 2.75) is 31.8 Å². The first kappa shape index (κ1) is 30.4. The molecule has 0 aliphatic carbocycles. The highest BCUT2D eigenvalue weighted by Crippen LogP contribution is 2.40. The Morgan fingerprint density at radius 1 is 1.02 bits per heavy atom. The summed E-state index contributed by atoms with van der Waals surface area (Å²) in [4.78, 5) is 15.9. The number of fused-ring (bicyclic) bond motifs is 1. The van der Waals surface area contributed by atoms with E-state index in [-0.39, 0.29) is 12.0 Å². The third kappa shape index (κ3) is 7.22. The highest BCUT2D eigenvalue weighted by Gasteiger charge is 2.25. The number of piperidine rings is 1. The molecule has 0 spiro atoms. The van der Waals surface area contributed by atoms with Crippen molar-refractivity contribution in [3.63, 3.8) is 0 Å². The normalized spacial score (nSPS) is 14.4. The van der Waals surface area contributed by atoms with Gasteiger partial charge in [0.15, 0.2) is 11.5 Å². The second-order valence-corrected chi connectivity index (χ2v) is 10.9. The van der Waals surface area contributed by atoms with E-state index >= 15 is 0 Å². The van der Waals surface area contributed by atoms with Crippen LogP contribution in [0.3, 0.4) is 0 Å². The zero-order valence-corrected chi connectivity index (χ0v) is 25.4. The fraction of sp³-hybridized carbons (Fsp3) is 0.533. The van der Waals surface area contributed by atoms with Crippen molar-refractivity contribution in [3.05, 3.63) is 35.4 Å². The minimum atomic E-state index is 0.213. The monoisotopic (exact) mass is 566 g/mol. The lowest BCUT2D eigenvalue weighted by Gasteiger charge is -2.34. The Bertz CT molecular complexity index is 1310. The number of aromatic nitrogens is 2. The molecule has 0 atom stereocenters. The van der Waals surface area contributed by atoms with Gasteiger partial charge in [0.1, 0.15) is 18.2 Å². The number of hydrogen-bond acceptors (Lipinski definition) is 11. The fourth-order valence-electron chi connectivity index (χ4n) is 5.47. The van der Waals surface area contributed by atoms with E-state index in [9.17, 15) is 0 Å². The van der Waals surface area contributed by atoms with Crippen LogP contribution in [0.25, 0.3) is 10.9 Å². The molecule has 1 aliphatic rings. The average molecular weight is 567 g/mol. The largest absolute Gasteiger partial charge is 0.493 e. The van der Waals surface area contributed by atoms with Crippen molar-refractivity contribution in [1.82, 2.24) is 19.8 Å². The van der Waals surface area contributed by atoms with Gasteiger partial charge >= 0.3 is 0 Å². The van der Waals surface area contributed by atoms with Crippen molar-refractivity contribution >= 4 is 28.4 Å². The van der Waals surface area contributed by atoms with Crippen LogP contribution in [0.4, 0.5) is 17.5 Å². The summed E-state index contributed by atoms with van der Waals surface area (Å²) in [6, 6.07) is 8.40. The van der Waals surface area contributed by atoms with Crippen LogP contribution in [-0.4, -0.2) is 101 Å². The van der Waals surface area contributed by atoms with E-state index in [1.54, 1.807) is 14.2 Å². The number of benzene rings is 2. The second-order valence-electron chi connectivity index (χ2n) is 10.9. The van der Waals surface area contributed by atoms with Gasteiger partial charge in [-0.15, -0.1) is 0 Å². The van der Waals surface area contributed by atoms with Gasteiger partial charge < -0.3 is 40.8 Å². The second kappa shape index (κ2) is 13.9. The molecule has 3 aromatic rings. The van der Waals surface area contributed by atoms with Crippen LogP contribution >= 0.6 is 0 Å². The fourth-order valence-corrected chi connectivity index (χ4v) is 5.47. The van der Waals surface area contributed by atoms with E-state index in [1.807, 2.05) is 6.07 Å². The maximum atomic E-state index is 6.24. The van der Waals surface area contributed by atoms with Gasteiger partial charge in [-0.25, -0.2) is 4.98 Å². The number of ether oxygens (including phenoxy) is 3. The zero-order chi connectivity index (χ0) is 29.5. The Balaban J connectivity index is 1.52. The minimum Gasteiger partial charge on any atom is -0.493 e. The van der Waals surface area contributed by atoms with E-state index in [2.05, 4.69) is 76.4 Å². The van der Waals surface area contributed by atoms with Crippen molar-refractivity contribution in [3.8, 4) is 17.2 Å². The summed E-state index contributed by atoms with van der Waals surface area (Å²) in [5, 5.41) is 4.56. The first-order valence-corrected chi connectivity index (χ1v) is 14.2. The topological polar surface area (TPSA) is 127 Å². The maximum Gasteiger partial charge on any atom is 0.222 e. The molecule has 41 heavy (non-hydrogen) atoms. The summed E-state index contributed by atoms with van der Waals surface area (Å²) in [5.74, 6) is 3.14. The predicted octanol–water partition coefficient (Wildman–Crippen LogP) is 2.81. The van der Waals surface area contributed by atoms with Gasteiger partial charge in [-0.2, -0.15) is 4.98 Å². The van der Waals surface area contributed by atoms with Crippen LogP contribution in [-0.2, 0) is 13.0 Å². The van der Waals surface area contributed by atoms with Crippen molar-refractivity contribution in [2.75, 3.05) is 91.1 Å². The Morgan fingerprint density at radius 2 is 1.78 bits per heavy atom. The number of nitrogen functional groups attached to an aromatic ring is 1. The van der Waals surface area contributed by atoms with E-state index in [0.717, 1.165) is 55.7 Å². The maximum absolute atomic E-state index is 6.24. The number of nitrogens with two attached hydrogens (primary N) is 2. The Kier molecular flexibility index (Phi) is 10.3. The highest BCUT2D eigenvalue weighted by molar-refractivity contribution is 5.96. The molecule has 0 unspecified atom stereocenters. The van der Waals surface area contributed by atoms with Crippen LogP contribution in [0.15, 0.2) is 24.3 Å². The lowest BCUT2D eigenvalue weighted by molar-refractivity contribution is 0.205. The smallest absolute Gasteiger partial charge is 0.222 e. The zero-order valence-electron chi connectivity index (χ0n) is 25.4. The molecule has 1 fully saturated rings. The highest BCUT2D eigenvalue weighted by atomic mass is 16.5. The summed E-state index contributed by atoms with van der Waals surface area (Å²) in [6.07, 6.45) is 2.53. The molecule has 1 saturated heterocycles. The molecular formula is C30H46N8O3. The lowest BCUT2D eigenvalue weighted by atomic mass is 10.0. The predicted molar refractivity (Wildman–Crippen MR) is 167 cm³/mol. The number of nitrogens with one attached hydrogen (secondary N) is 1. The van der Waals surface area contributed by atoms with E-state index in [1.165, 1.54) is 11.3 Å². The first-order valence-electron chi connectivity index (χ1n) is 14.2. The van der Waals surface area contributed by atoms with Gasteiger partial charge in [0, 0.05) is 69.2 Å². The van der Waals surface area contributed by atoms with Crippen molar-refractivity contribution in [1.29, 1.82) is 0 Å². The molecule has 0 bridgehead atoms. The molecule has 11 nitrogen and oxygen atoms in total. The average Bonchev–Trinajstić information content (AvgIpc) is 2.94. The van der Waals surface area contributed by atoms with Gasteiger partial charge in [-0.1, -0.05) is 6.07 Å². The lowest BCUT2D eigenvalue weighted by Crippen LogP contribution is -2.39. The van der Waals surface area contributed by atoms with Gasteiger partial charge in [0.05, 0.1) is 25.1 Å². The number of anilines is 3. The van der Waals surface area contributed by atoms with Gasteiger partial charge in [-0.05, 0) is 52.0 Å². The summed E-state index contributed by atoms with van der Waals surface area (Å²) in [7, 11) is 11.5.